The SMILES string of the molecule is CC(C)N(C)c1cccc(NC(=O)N[C@@H]2CCC[C@@H]2O)c1. The lowest BCUT2D eigenvalue weighted by Crippen LogP contribution is -2.42. The van der Waals surface area contributed by atoms with E-state index in [9.17, 15) is 9.90 Å². The molecule has 2 atom stereocenters. The molecule has 0 bridgehead atoms. The van der Waals surface area contributed by atoms with Gasteiger partial charge in [-0.05, 0) is 51.3 Å². The summed E-state index contributed by atoms with van der Waals surface area (Å²) in [5.41, 5.74) is 1.81. The van der Waals surface area contributed by atoms with Crippen molar-refractivity contribution in [3.63, 3.8) is 0 Å². The van der Waals surface area contributed by atoms with Crippen molar-refractivity contribution in [3.8, 4) is 0 Å². The van der Waals surface area contributed by atoms with Gasteiger partial charge in [-0.2, -0.15) is 0 Å². The fourth-order valence-corrected chi connectivity index (χ4v) is 2.55. The van der Waals surface area contributed by atoms with Crippen LogP contribution in [0.5, 0.6) is 0 Å². The standard InChI is InChI=1S/C16H25N3O2/c1-11(2)19(3)13-7-4-6-12(10-13)17-16(21)18-14-8-5-9-15(14)20/h4,6-7,10-11,14-15,20H,5,8-9H2,1-3H3,(H2,17,18,21)/t14-,15+/m1/s1. The zero-order valence-electron chi connectivity index (χ0n) is 13.0. The highest BCUT2D eigenvalue weighted by Crippen LogP contribution is 2.21. The van der Waals surface area contributed by atoms with E-state index in [1.54, 1.807) is 0 Å². The van der Waals surface area contributed by atoms with Gasteiger partial charge in [-0.15, -0.1) is 0 Å². The summed E-state index contributed by atoms with van der Waals surface area (Å²) < 4.78 is 0. The topological polar surface area (TPSA) is 64.6 Å². The molecule has 2 rings (SSSR count). The number of hydrogen-bond acceptors (Lipinski definition) is 3. The monoisotopic (exact) mass is 291 g/mol. The first-order valence-electron chi connectivity index (χ1n) is 7.56. The van der Waals surface area contributed by atoms with Gasteiger partial charge in [-0.25, -0.2) is 4.79 Å². The number of hydrogen-bond donors (Lipinski definition) is 3. The first-order chi connectivity index (χ1) is 9.97. The molecule has 21 heavy (non-hydrogen) atoms. The zero-order valence-corrected chi connectivity index (χ0v) is 13.0. The molecule has 0 spiro atoms. The molecule has 116 valence electrons. The number of aliphatic hydroxyl groups is 1. The number of anilines is 2. The van der Waals surface area contributed by atoms with Gasteiger partial charge in [0.15, 0.2) is 0 Å². The van der Waals surface area contributed by atoms with Crippen LogP contribution in [0.25, 0.3) is 0 Å². The summed E-state index contributed by atoms with van der Waals surface area (Å²) in [5, 5.41) is 15.4. The number of carbonyl (C=O) groups is 1. The number of urea groups is 1. The van der Waals surface area contributed by atoms with Crippen molar-refractivity contribution in [2.24, 2.45) is 0 Å². The van der Waals surface area contributed by atoms with Crippen molar-refractivity contribution in [3.05, 3.63) is 24.3 Å². The van der Waals surface area contributed by atoms with Crippen LogP contribution in [0.4, 0.5) is 16.2 Å². The van der Waals surface area contributed by atoms with Gasteiger partial charge in [0.2, 0.25) is 0 Å². The van der Waals surface area contributed by atoms with Crippen LogP contribution in [-0.4, -0.2) is 36.4 Å². The van der Waals surface area contributed by atoms with Gasteiger partial charge in [0.1, 0.15) is 0 Å². The molecule has 0 aliphatic heterocycles. The minimum absolute atomic E-state index is 0.133. The van der Waals surface area contributed by atoms with E-state index in [0.29, 0.717) is 6.04 Å². The number of amides is 2. The summed E-state index contributed by atoms with van der Waals surface area (Å²) in [6, 6.07) is 7.75. The van der Waals surface area contributed by atoms with E-state index in [1.165, 1.54) is 0 Å². The Bertz CT molecular complexity index is 490. The summed E-state index contributed by atoms with van der Waals surface area (Å²) in [6.45, 7) is 4.24. The largest absolute Gasteiger partial charge is 0.391 e. The smallest absolute Gasteiger partial charge is 0.319 e. The first kappa shape index (κ1) is 15.6. The summed E-state index contributed by atoms with van der Waals surface area (Å²) in [7, 11) is 2.03. The van der Waals surface area contributed by atoms with Crippen LogP contribution in [-0.2, 0) is 0 Å². The normalized spacial score (nSPS) is 21.4. The number of aliphatic hydroxyl groups excluding tert-OH is 1. The predicted octanol–water partition coefficient (Wildman–Crippen LogP) is 2.57. The minimum Gasteiger partial charge on any atom is -0.391 e. The van der Waals surface area contributed by atoms with Crippen molar-refractivity contribution < 1.29 is 9.90 Å². The summed E-state index contributed by atoms with van der Waals surface area (Å²) in [6.07, 6.45) is 2.14. The lowest BCUT2D eigenvalue weighted by molar-refractivity contribution is 0.151. The number of benzene rings is 1. The van der Waals surface area contributed by atoms with Crippen molar-refractivity contribution >= 4 is 17.4 Å². The number of rotatable bonds is 4. The highest BCUT2D eigenvalue weighted by molar-refractivity contribution is 5.90. The highest BCUT2D eigenvalue weighted by Gasteiger charge is 2.26. The van der Waals surface area contributed by atoms with Gasteiger partial charge in [-0.1, -0.05) is 6.07 Å². The molecule has 3 N–H and O–H groups in total. The molecule has 0 radical (unpaired) electrons. The third kappa shape index (κ3) is 4.11. The lowest BCUT2D eigenvalue weighted by atomic mass is 10.2. The molecule has 0 aromatic heterocycles. The Morgan fingerprint density at radius 3 is 2.76 bits per heavy atom. The molecule has 0 unspecified atom stereocenters. The van der Waals surface area contributed by atoms with E-state index in [2.05, 4.69) is 29.4 Å². The van der Waals surface area contributed by atoms with Crippen molar-refractivity contribution in [2.45, 2.75) is 51.3 Å². The molecule has 0 saturated heterocycles. The molecule has 1 aromatic carbocycles. The van der Waals surface area contributed by atoms with Gasteiger partial charge in [-0.3, -0.25) is 0 Å². The minimum atomic E-state index is -0.422. The molecule has 5 heteroatoms. The molecule has 5 nitrogen and oxygen atoms in total. The quantitative estimate of drug-likeness (QED) is 0.799. The van der Waals surface area contributed by atoms with E-state index in [4.69, 9.17) is 0 Å². The Morgan fingerprint density at radius 1 is 1.38 bits per heavy atom. The third-order valence-corrected chi connectivity index (χ3v) is 4.08. The molecule has 1 aliphatic rings. The Morgan fingerprint density at radius 2 is 2.14 bits per heavy atom. The number of carbonyl (C=O) groups excluding carboxylic acids is 1. The van der Waals surface area contributed by atoms with Crippen LogP contribution in [0.3, 0.4) is 0 Å². The van der Waals surface area contributed by atoms with Crippen LogP contribution in [0.2, 0.25) is 0 Å². The van der Waals surface area contributed by atoms with Gasteiger partial charge in [0, 0.05) is 24.5 Å². The maximum atomic E-state index is 12.0. The van der Waals surface area contributed by atoms with Gasteiger partial charge in [0.05, 0.1) is 12.1 Å². The first-order valence-corrected chi connectivity index (χ1v) is 7.56. The second-order valence-corrected chi connectivity index (χ2v) is 5.96. The number of nitrogens with zero attached hydrogens (tertiary/aromatic N) is 1. The molecular weight excluding hydrogens is 266 g/mol. The van der Waals surface area contributed by atoms with Crippen molar-refractivity contribution in [1.82, 2.24) is 5.32 Å². The Balaban J connectivity index is 1.96. The fraction of sp³-hybridized carbons (Fsp3) is 0.562. The second kappa shape index (κ2) is 6.80. The van der Waals surface area contributed by atoms with Gasteiger partial charge >= 0.3 is 6.03 Å². The van der Waals surface area contributed by atoms with Gasteiger partial charge in [0.25, 0.3) is 0 Å². The summed E-state index contributed by atoms with van der Waals surface area (Å²) in [4.78, 5) is 14.1. The van der Waals surface area contributed by atoms with Gasteiger partial charge < -0.3 is 20.6 Å². The Kier molecular flexibility index (Phi) is 5.07. The maximum absolute atomic E-state index is 12.0. The van der Waals surface area contributed by atoms with E-state index in [0.717, 1.165) is 30.6 Å². The van der Waals surface area contributed by atoms with E-state index in [-0.39, 0.29) is 12.1 Å². The maximum Gasteiger partial charge on any atom is 0.319 e. The molecular formula is C16H25N3O2. The molecule has 1 aliphatic carbocycles. The fourth-order valence-electron chi connectivity index (χ4n) is 2.55. The average molecular weight is 291 g/mol. The van der Waals surface area contributed by atoms with Crippen LogP contribution >= 0.6 is 0 Å². The van der Waals surface area contributed by atoms with Crippen LogP contribution in [0, 0.1) is 0 Å². The highest BCUT2D eigenvalue weighted by atomic mass is 16.3. The molecule has 1 fully saturated rings. The summed E-state index contributed by atoms with van der Waals surface area (Å²) in [5.74, 6) is 0. The zero-order chi connectivity index (χ0) is 15.4. The molecule has 2 amide bonds. The van der Waals surface area contributed by atoms with Crippen molar-refractivity contribution in [1.29, 1.82) is 0 Å². The third-order valence-electron chi connectivity index (χ3n) is 4.08. The van der Waals surface area contributed by atoms with Crippen molar-refractivity contribution in [2.75, 3.05) is 17.3 Å². The average Bonchev–Trinajstić information content (AvgIpc) is 2.83. The Hall–Kier alpha value is -1.75. The Labute approximate surface area is 126 Å². The predicted molar refractivity (Wildman–Crippen MR) is 85.8 cm³/mol. The van der Waals surface area contributed by atoms with Crippen LogP contribution in [0.1, 0.15) is 33.1 Å². The summed E-state index contributed by atoms with van der Waals surface area (Å²) >= 11 is 0. The lowest BCUT2D eigenvalue weighted by Gasteiger charge is -2.24. The van der Waals surface area contributed by atoms with E-state index in [1.807, 2.05) is 31.3 Å². The van der Waals surface area contributed by atoms with Crippen LogP contribution in [0.15, 0.2) is 24.3 Å². The number of nitrogens with one attached hydrogen (secondary N) is 2. The van der Waals surface area contributed by atoms with Crippen LogP contribution < -0.4 is 15.5 Å². The molecule has 1 aromatic rings. The van der Waals surface area contributed by atoms with E-state index < -0.39 is 6.10 Å². The molecule has 0 heterocycles. The molecule has 1 saturated carbocycles. The van der Waals surface area contributed by atoms with E-state index >= 15 is 0 Å². The second-order valence-electron chi connectivity index (χ2n) is 5.96.